The maximum Gasteiger partial charge on any atom is 0.321 e. The lowest BCUT2D eigenvalue weighted by Crippen LogP contribution is -2.36. The average molecular weight is 367 g/mol. The van der Waals surface area contributed by atoms with E-state index in [1.165, 1.54) is 30.1 Å². The molecule has 2 aromatic rings. The molecule has 0 spiro atoms. The Morgan fingerprint density at radius 3 is 2.60 bits per heavy atom. The minimum atomic E-state index is -4.05. The van der Waals surface area contributed by atoms with E-state index >= 15 is 0 Å². The van der Waals surface area contributed by atoms with Gasteiger partial charge in [-0.3, -0.25) is 9.62 Å². The lowest BCUT2D eigenvalue weighted by atomic mass is 10.2. The number of anilines is 2. The lowest BCUT2D eigenvalue weighted by Gasteiger charge is -2.16. The normalized spacial score (nSPS) is 13.5. The summed E-state index contributed by atoms with van der Waals surface area (Å²) in [6, 6.07) is 6.62. The molecule has 1 aliphatic rings. The second kappa shape index (κ2) is 6.32. The van der Waals surface area contributed by atoms with Crippen LogP contribution in [0.25, 0.3) is 0 Å². The number of nitrogens with zero attached hydrogens (tertiary/aromatic N) is 1. The highest BCUT2D eigenvalue weighted by Gasteiger charge is 2.26. The molecular formula is C16H15F2N3O3S. The SMILES string of the molecule is CNC(=O)N1CCc2cc(S(=O)(=O)Nc3ccc(F)cc3F)ccc21. The van der Waals surface area contributed by atoms with Crippen LogP contribution in [-0.4, -0.2) is 28.0 Å². The van der Waals surface area contributed by atoms with Crippen LogP contribution in [0.1, 0.15) is 5.56 Å². The van der Waals surface area contributed by atoms with E-state index in [4.69, 9.17) is 0 Å². The van der Waals surface area contributed by atoms with Crippen molar-refractivity contribution in [2.45, 2.75) is 11.3 Å². The molecule has 0 aliphatic carbocycles. The molecule has 2 N–H and O–H groups in total. The van der Waals surface area contributed by atoms with E-state index in [1.54, 1.807) is 0 Å². The number of amides is 2. The molecule has 0 saturated heterocycles. The van der Waals surface area contributed by atoms with E-state index in [0.29, 0.717) is 30.3 Å². The molecule has 6 nitrogen and oxygen atoms in total. The highest BCUT2D eigenvalue weighted by atomic mass is 32.2. The zero-order valence-electron chi connectivity index (χ0n) is 13.2. The topological polar surface area (TPSA) is 78.5 Å². The first kappa shape index (κ1) is 17.2. The Bertz CT molecular complexity index is 948. The number of sulfonamides is 1. The molecule has 1 aliphatic heterocycles. The van der Waals surface area contributed by atoms with E-state index in [9.17, 15) is 22.0 Å². The fraction of sp³-hybridized carbons (Fsp3) is 0.188. The highest BCUT2D eigenvalue weighted by Crippen LogP contribution is 2.31. The first-order valence-corrected chi connectivity index (χ1v) is 8.90. The van der Waals surface area contributed by atoms with E-state index in [0.717, 1.165) is 12.1 Å². The molecule has 0 unspecified atom stereocenters. The maximum absolute atomic E-state index is 13.7. The molecule has 0 bridgehead atoms. The molecule has 0 fully saturated rings. The number of carbonyl (C=O) groups is 1. The summed E-state index contributed by atoms with van der Waals surface area (Å²) >= 11 is 0. The van der Waals surface area contributed by atoms with Gasteiger partial charge in [-0.05, 0) is 42.3 Å². The van der Waals surface area contributed by atoms with Crippen LogP contribution in [0, 0.1) is 11.6 Å². The molecule has 2 amide bonds. The van der Waals surface area contributed by atoms with Gasteiger partial charge in [0.15, 0.2) is 0 Å². The van der Waals surface area contributed by atoms with Crippen molar-refractivity contribution in [3.05, 3.63) is 53.6 Å². The van der Waals surface area contributed by atoms with Gasteiger partial charge in [0.1, 0.15) is 11.6 Å². The van der Waals surface area contributed by atoms with Crippen LogP contribution >= 0.6 is 0 Å². The summed E-state index contributed by atoms with van der Waals surface area (Å²) in [5.41, 5.74) is 0.992. The van der Waals surface area contributed by atoms with Gasteiger partial charge in [-0.15, -0.1) is 0 Å². The summed E-state index contributed by atoms with van der Waals surface area (Å²) in [6.07, 6.45) is 0.511. The van der Waals surface area contributed by atoms with Gasteiger partial charge < -0.3 is 5.32 Å². The summed E-state index contributed by atoms with van der Waals surface area (Å²) in [6.45, 7) is 0.443. The van der Waals surface area contributed by atoms with Gasteiger partial charge >= 0.3 is 6.03 Å². The van der Waals surface area contributed by atoms with Crippen molar-refractivity contribution in [3.63, 3.8) is 0 Å². The number of carbonyl (C=O) groups excluding carboxylic acids is 1. The molecule has 0 radical (unpaired) electrons. The van der Waals surface area contributed by atoms with Crippen LogP contribution in [0.4, 0.5) is 25.0 Å². The van der Waals surface area contributed by atoms with Crippen LogP contribution in [0.5, 0.6) is 0 Å². The third kappa shape index (κ3) is 3.27. The number of hydrogen-bond donors (Lipinski definition) is 2. The zero-order valence-corrected chi connectivity index (χ0v) is 14.0. The van der Waals surface area contributed by atoms with Crippen molar-refractivity contribution >= 4 is 27.4 Å². The number of hydrogen-bond acceptors (Lipinski definition) is 3. The third-order valence-electron chi connectivity index (χ3n) is 3.89. The Hall–Kier alpha value is -2.68. The summed E-state index contributed by atoms with van der Waals surface area (Å²) in [5.74, 6) is -1.80. The summed E-state index contributed by atoms with van der Waals surface area (Å²) in [7, 11) is -2.53. The van der Waals surface area contributed by atoms with E-state index in [1.807, 2.05) is 0 Å². The summed E-state index contributed by atoms with van der Waals surface area (Å²) in [5, 5.41) is 2.52. The minimum Gasteiger partial charge on any atom is -0.341 e. The molecular weight excluding hydrogens is 352 g/mol. The maximum atomic E-state index is 13.7. The van der Waals surface area contributed by atoms with Crippen LogP contribution < -0.4 is 14.9 Å². The second-order valence-corrected chi connectivity index (χ2v) is 7.16. The lowest BCUT2D eigenvalue weighted by molar-refractivity contribution is 0.248. The van der Waals surface area contributed by atoms with E-state index < -0.39 is 21.7 Å². The summed E-state index contributed by atoms with van der Waals surface area (Å²) in [4.78, 5) is 13.2. The minimum absolute atomic E-state index is 0.0614. The van der Waals surface area contributed by atoms with Crippen molar-refractivity contribution in [2.24, 2.45) is 0 Å². The molecule has 132 valence electrons. The first-order chi connectivity index (χ1) is 11.8. The Morgan fingerprint density at radius 2 is 1.92 bits per heavy atom. The Balaban J connectivity index is 1.90. The Morgan fingerprint density at radius 1 is 1.16 bits per heavy atom. The largest absolute Gasteiger partial charge is 0.341 e. The third-order valence-corrected chi connectivity index (χ3v) is 5.25. The van der Waals surface area contributed by atoms with Crippen LogP contribution in [0.2, 0.25) is 0 Å². The highest BCUT2D eigenvalue weighted by molar-refractivity contribution is 7.92. The molecule has 0 atom stereocenters. The predicted octanol–water partition coefficient (Wildman–Crippen LogP) is 2.47. The molecule has 25 heavy (non-hydrogen) atoms. The molecule has 1 heterocycles. The molecule has 9 heteroatoms. The number of rotatable bonds is 3. The van der Waals surface area contributed by atoms with Gasteiger partial charge in [-0.25, -0.2) is 22.0 Å². The fourth-order valence-corrected chi connectivity index (χ4v) is 3.78. The van der Waals surface area contributed by atoms with Gasteiger partial charge in [-0.2, -0.15) is 0 Å². The fourth-order valence-electron chi connectivity index (χ4n) is 2.67. The van der Waals surface area contributed by atoms with Crippen molar-refractivity contribution in [1.29, 1.82) is 0 Å². The second-order valence-electron chi connectivity index (χ2n) is 5.48. The number of benzene rings is 2. The first-order valence-electron chi connectivity index (χ1n) is 7.42. The van der Waals surface area contributed by atoms with E-state index in [-0.39, 0.29) is 16.6 Å². The smallest absolute Gasteiger partial charge is 0.321 e. The van der Waals surface area contributed by atoms with Crippen LogP contribution in [0.3, 0.4) is 0 Å². The van der Waals surface area contributed by atoms with E-state index in [2.05, 4.69) is 10.0 Å². The molecule has 0 aromatic heterocycles. The van der Waals surface area contributed by atoms with Crippen molar-refractivity contribution in [1.82, 2.24) is 5.32 Å². The molecule has 3 rings (SSSR count). The average Bonchev–Trinajstić information content (AvgIpc) is 3.00. The quantitative estimate of drug-likeness (QED) is 0.875. The number of fused-ring (bicyclic) bond motifs is 1. The van der Waals surface area contributed by atoms with Gasteiger partial charge in [0.05, 0.1) is 10.6 Å². The van der Waals surface area contributed by atoms with Gasteiger partial charge in [-0.1, -0.05) is 0 Å². The standard InChI is InChI=1S/C16H15F2N3O3S/c1-19-16(22)21-7-6-10-8-12(3-5-15(10)21)25(23,24)20-14-4-2-11(17)9-13(14)18/h2-5,8-9,20H,6-7H2,1H3,(H,19,22). The zero-order chi connectivity index (χ0) is 18.2. The Kier molecular flexibility index (Phi) is 4.34. The van der Waals surface area contributed by atoms with Crippen molar-refractivity contribution < 1.29 is 22.0 Å². The number of halogens is 2. The van der Waals surface area contributed by atoms with Crippen molar-refractivity contribution in [2.75, 3.05) is 23.2 Å². The number of urea groups is 1. The molecule has 2 aromatic carbocycles. The Labute approximate surface area is 143 Å². The number of nitrogens with one attached hydrogen (secondary N) is 2. The monoisotopic (exact) mass is 367 g/mol. The molecule has 0 saturated carbocycles. The predicted molar refractivity (Wildman–Crippen MR) is 89.1 cm³/mol. The summed E-state index contributed by atoms with van der Waals surface area (Å²) < 4.78 is 53.6. The van der Waals surface area contributed by atoms with Gasteiger partial charge in [0.2, 0.25) is 0 Å². The van der Waals surface area contributed by atoms with Gasteiger partial charge in [0.25, 0.3) is 10.0 Å². The van der Waals surface area contributed by atoms with Crippen LogP contribution in [-0.2, 0) is 16.4 Å². The van der Waals surface area contributed by atoms with Crippen LogP contribution in [0.15, 0.2) is 41.3 Å². The van der Waals surface area contributed by atoms with Gasteiger partial charge in [0, 0.05) is 25.3 Å². The van der Waals surface area contributed by atoms with Crippen molar-refractivity contribution in [3.8, 4) is 0 Å².